The molecule has 21 heavy (non-hydrogen) atoms. The molecule has 4 nitrogen and oxygen atoms in total. The molecule has 0 aromatic carbocycles. The molecule has 0 aromatic heterocycles. The maximum atomic E-state index is 12.3. The Balaban J connectivity index is 2.16. The third-order valence-electron chi connectivity index (χ3n) is 4.45. The predicted octanol–water partition coefficient (Wildman–Crippen LogP) is 2.82. The lowest BCUT2D eigenvalue weighted by molar-refractivity contribution is -0.150. The lowest BCUT2D eigenvalue weighted by Gasteiger charge is -2.32. The average Bonchev–Trinajstić information content (AvgIpc) is 2.92. The zero-order valence-electron chi connectivity index (χ0n) is 12.9. The maximum absolute atomic E-state index is 12.3. The number of carbonyl (C=O) groups is 1. The molecule has 1 saturated heterocycles. The molecule has 0 amide bonds. The third kappa shape index (κ3) is 3.54. The standard InChI is InChI=1S/C17H24N2O2/c1-3-21-17(20)16-15(9-11-18)10-12-19(16)13(2)14-7-5-4-6-8-14/h5,7-8,13,15-16H,3-4,6,9-10,12H2,1-2H3/t13-,15+,16-/m0/s1. The van der Waals surface area contributed by atoms with Gasteiger partial charge in [0.05, 0.1) is 12.7 Å². The molecule has 1 aliphatic heterocycles. The smallest absolute Gasteiger partial charge is 0.323 e. The first-order valence-electron chi connectivity index (χ1n) is 7.85. The van der Waals surface area contributed by atoms with Gasteiger partial charge in [-0.05, 0) is 51.1 Å². The van der Waals surface area contributed by atoms with Crippen molar-refractivity contribution >= 4 is 5.97 Å². The first kappa shape index (κ1) is 15.8. The summed E-state index contributed by atoms with van der Waals surface area (Å²) < 4.78 is 5.24. The van der Waals surface area contributed by atoms with Crippen LogP contribution in [0.4, 0.5) is 0 Å². The van der Waals surface area contributed by atoms with Gasteiger partial charge in [0.25, 0.3) is 0 Å². The van der Waals surface area contributed by atoms with E-state index in [1.165, 1.54) is 5.57 Å². The molecule has 0 spiro atoms. The van der Waals surface area contributed by atoms with Gasteiger partial charge in [0, 0.05) is 12.5 Å². The second-order valence-corrected chi connectivity index (χ2v) is 5.71. The van der Waals surface area contributed by atoms with Crippen LogP contribution in [0.3, 0.4) is 0 Å². The monoisotopic (exact) mass is 288 g/mol. The van der Waals surface area contributed by atoms with E-state index in [-0.39, 0.29) is 24.0 Å². The third-order valence-corrected chi connectivity index (χ3v) is 4.45. The van der Waals surface area contributed by atoms with Crippen LogP contribution >= 0.6 is 0 Å². The summed E-state index contributed by atoms with van der Waals surface area (Å²) in [6, 6.07) is 2.13. The van der Waals surface area contributed by atoms with E-state index in [2.05, 4.69) is 36.1 Å². The summed E-state index contributed by atoms with van der Waals surface area (Å²) in [5.74, 6) is -0.0906. The van der Waals surface area contributed by atoms with Gasteiger partial charge < -0.3 is 4.74 Å². The summed E-state index contributed by atoms with van der Waals surface area (Å²) in [4.78, 5) is 14.5. The molecule has 0 bridgehead atoms. The Labute approximate surface area is 127 Å². The Morgan fingerprint density at radius 3 is 3.00 bits per heavy atom. The number of nitriles is 1. The minimum atomic E-state index is -0.282. The van der Waals surface area contributed by atoms with Gasteiger partial charge in [-0.15, -0.1) is 0 Å². The molecule has 3 atom stereocenters. The summed E-state index contributed by atoms with van der Waals surface area (Å²) >= 11 is 0. The van der Waals surface area contributed by atoms with Crippen LogP contribution in [0.15, 0.2) is 23.8 Å². The van der Waals surface area contributed by atoms with Crippen molar-refractivity contribution in [3.8, 4) is 6.07 Å². The Hall–Kier alpha value is -1.60. The van der Waals surface area contributed by atoms with Gasteiger partial charge in [0.2, 0.25) is 0 Å². The van der Waals surface area contributed by atoms with E-state index in [1.54, 1.807) is 0 Å². The van der Waals surface area contributed by atoms with Crippen molar-refractivity contribution in [3.63, 3.8) is 0 Å². The van der Waals surface area contributed by atoms with Crippen LogP contribution in [-0.4, -0.2) is 36.1 Å². The molecule has 0 unspecified atom stereocenters. The summed E-state index contributed by atoms with van der Waals surface area (Å²) in [6.07, 6.45) is 10.1. The quantitative estimate of drug-likeness (QED) is 0.730. The van der Waals surface area contributed by atoms with Crippen molar-refractivity contribution in [2.45, 2.75) is 51.6 Å². The molecule has 0 saturated carbocycles. The van der Waals surface area contributed by atoms with Gasteiger partial charge in [-0.1, -0.05) is 18.2 Å². The number of carbonyl (C=O) groups excluding carboxylic acids is 1. The van der Waals surface area contributed by atoms with Crippen molar-refractivity contribution in [2.75, 3.05) is 13.2 Å². The number of ether oxygens (including phenoxy) is 1. The number of allylic oxidation sites excluding steroid dienone is 2. The number of hydrogen-bond donors (Lipinski definition) is 0. The molecule has 2 rings (SSSR count). The number of likely N-dealkylation sites (tertiary alicyclic amines) is 1. The van der Waals surface area contributed by atoms with E-state index in [9.17, 15) is 4.79 Å². The Kier molecular flexibility index (Phi) is 5.58. The average molecular weight is 288 g/mol. The fourth-order valence-corrected chi connectivity index (χ4v) is 3.34. The Bertz CT molecular complexity index is 476. The van der Waals surface area contributed by atoms with E-state index < -0.39 is 0 Å². The highest BCUT2D eigenvalue weighted by atomic mass is 16.5. The highest BCUT2D eigenvalue weighted by molar-refractivity contribution is 5.77. The molecule has 0 aromatic rings. The molecule has 0 radical (unpaired) electrons. The van der Waals surface area contributed by atoms with E-state index in [4.69, 9.17) is 10.00 Å². The summed E-state index contributed by atoms with van der Waals surface area (Å²) in [5.41, 5.74) is 1.27. The summed E-state index contributed by atoms with van der Waals surface area (Å²) in [7, 11) is 0. The highest BCUT2D eigenvalue weighted by Crippen LogP contribution is 2.32. The summed E-state index contributed by atoms with van der Waals surface area (Å²) in [6.45, 7) is 5.20. The van der Waals surface area contributed by atoms with Crippen LogP contribution < -0.4 is 0 Å². The van der Waals surface area contributed by atoms with Gasteiger partial charge in [-0.25, -0.2) is 0 Å². The normalized spacial score (nSPS) is 27.0. The zero-order chi connectivity index (χ0) is 15.2. The largest absolute Gasteiger partial charge is 0.465 e. The van der Waals surface area contributed by atoms with Crippen LogP contribution in [0.25, 0.3) is 0 Å². The lowest BCUT2D eigenvalue weighted by atomic mass is 9.95. The van der Waals surface area contributed by atoms with Gasteiger partial charge in [0.1, 0.15) is 6.04 Å². The molecule has 2 aliphatic rings. The second kappa shape index (κ2) is 7.42. The molecule has 4 heteroatoms. The van der Waals surface area contributed by atoms with E-state index in [1.807, 2.05) is 6.92 Å². The molecule has 1 fully saturated rings. The van der Waals surface area contributed by atoms with Crippen LogP contribution in [0.2, 0.25) is 0 Å². The SMILES string of the molecule is CCOC(=O)[C@@H]1[C@H](CC#N)CCN1[C@@H](C)C1=CCCC=C1. The van der Waals surface area contributed by atoms with Crippen LogP contribution in [0.5, 0.6) is 0 Å². The Morgan fingerprint density at radius 2 is 2.38 bits per heavy atom. The second-order valence-electron chi connectivity index (χ2n) is 5.71. The predicted molar refractivity (Wildman–Crippen MR) is 81.4 cm³/mol. The van der Waals surface area contributed by atoms with E-state index in [0.29, 0.717) is 13.0 Å². The highest BCUT2D eigenvalue weighted by Gasteiger charge is 2.42. The molecular weight excluding hydrogens is 264 g/mol. The van der Waals surface area contributed by atoms with Crippen molar-refractivity contribution in [3.05, 3.63) is 23.8 Å². The lowest BCUT2D eigenvalue weighted by Crippen LogP contribution is -2.46. The van der Waals surface area contributed by atoms with Crippen LogP contribution in [0, 0.1) is 17.2 Å². The maximum Gasteiger partial charge on any atom is 0.323 e. The number of nitrogens with zero attached hydrogens (tertiary/aromatic N) is 2. The number of hydrogen-bond acceptors (Lipinski definition) is 4. The molecular formula is C17H24N2O2. The zero-order valence-corrected chi connectivity index (χ0v) is 12.9. The number of esters is 1. The first-order valence-corrected chi connectivity index (χ1v) is 7.85. The molecule has 1 heterocycles. The van der Waals surface area contributed by atoms with Crippen LogP contribution in [0.1, 0.15) is 39.5 Å². The van der Waals surface area contributed by atoms with Gasteiger partial charge >= 0.3 is 5.97 Å². The van der Waals surface area contributed by atoms with Crippen molar-refractivity contribution in [1.29, 1.82) is 5.26 Å². The number of rotatable bonds is 5. The topological polar surface area (TPSA) is 53.3 Å². The van der Waals surface area contributed by atoms with Gasteiger partial charge in [-0.2, -0.15) is 5.26 Å². The van der Waals surface area contributed by atoms with E-state index >= 15 is 0 Å². The summed E-state index contributed by atoms with van der Waals surface area (Å²) in [5, 5.41) is 8.99. The van der Waals surface area contributed by atoms with Crippen molar-refractivity contribution in [1.82, 2.24) is 4.90 Å². The van der Waals surface area contributed by atoms with Gasteiger partial charge in [0.15, 0.2) is 0 Å². The minimum absolute atomic E-state index is 0.0877. The first-order chi connectivity index (χ1) is 10.2. The minimum Gasteiger partial charge on any atom is -0.465 e. The van der Waals surface area contributed by atoms with Gasteiger partial charge in [-0.3, -0.25) is 9.69 Å². The van der Waals surface area contributed by atoms with Crippen LogP contribution in [-0.2, 0) is 9.53 Å². The molecule has 1 aliphatic carbocycles. The van der Waals surface area contributed by atoms with Crippen molar-refractivity contribution < 1.29 is 9.53 Å². The fourth-order valence-electron chi connectivity index (χ4n) is 3.34. The van der Waals surface area contributed by atoms with Crippen molar-refractivity contribution in [2.24, 2.45) is 5.92 Å². The molecule has 114 valence electrons. The van der Waals surface area contributed by atoms with E-state index in [0.717, 1.165) is 25.8 Å². The fraction of sp³-hybridized carbons (Fsp3) is 0.647. The molecule has 0 N–H and O–H groups in total. The Morgan fingerprint density at radius 1 is 1.57 bits per heavy atom.